The van der Waals surface area contributed by atoms with Crippen molar-refractivity contribution >= 4 is 11.8 Å². The van der Waals surface area contributed by atoms with E-state index in [-0.39, 0.29) is 5.97 Å². The maximum Gasteiger partial charge on any atom is 0.335 e. The molecule has 5 nitrogen and oxygen atoms in total. The molecule has 0 saturated carbocycles. The Morgan fingerprint density at radius 3 is 2.58 bits per heavy atom. The zero-order chi connectivity index (χ0) is 17.9. The van der Waals surface area contributed by atoms with Crippen LogP contribution in [0.5, 0.6) is 0 Å². The molecular formula is C21H19N3O2. The lowest BCUT2D eigenvalue weighted by molar-refractivity contribution is -0.135. The lowest BCUT2D eigenvalue weighted by Crippen LogP contribution is -2.04. The first-order chi connectivity index (χ1) is 12.7. The van der Waals surface area contributed by atoms with E-state index >= 15 is 0 Å². The summed E-state index contributed by atoms with van der Waals surface area (Å²) in [5.74, 6) is 0.529. The van der Waals surface area contributed by atoms with Gasteiger partial charge in [0.25, 0.3) is 0 Å². The van der Waals surface area contributed by atoms with Gasteiger partial charge in [-0.1, -0.05) is 48.0 Å². The molecule has 5 heteroatoms. The Labute approximate surface area is 151 Å². The number of aryl methyl sites for hydroxylation is 1. The van der Waals surface area contributed by atoms with Gasteiger partial charge in [-0.05, 0) is 19.1 Å². The zero-order valence-corrected chi connectivity index (χ0v) is 14.5. The second kappa shape index (κ2) is 6.88. The van der Waals surface area contributed by atoms with Gasteiger partial charge in [0.2, 0.25) is 0 Å². The molecule has 1 N–H and O–H groups in total. The van der Waals surface area contributed by atoms with Gasteiger partial charge in [-0.2, -0.15) is 5.10 Å². The van der Waals surface area contributed by atoms with Crippen molar-refractivity contribution in [3.8, 4) is 16.9 Å². The van der Waals surface area contributed by atoms with Crippen LogP contribution in [0, 0.1) is 6.92 Å². The highest BCUT2D eigenvalue weighted by Crippen LogP contribution is 2.25. The van der Waals surface area contributed by atoms with Gasteiger partial charge in [0.15, 0.2) is 0 Å². The number of benzene rings is 2. The summed E-state index contributed by atoms with van der Waals surface area (Å²) in [7, 11) is 0. The molecule has 1 aromatic heterocycles. The number of hydrogen-bond acceptors (Lipinski definition) is 4. The Kier molecular flexibility index (Phi) is 4.27. The number of nitrogens with one attached hydrogen (secondary N) is 1. The van der Waals surface area contributed by atoms with Crippen molar-refractivity contribution in [2.75, 3.05) is 11.9 Å². The first-order valence-corrected chi connectivity index (χ1v) is 8.56. The molecule has 2 aromatic carbocycles. The molecule has 3 aromatic rings. The number of aromatic nitrogens is 2. The summed E-state index contributed by atoms with van der Waals surface area (Å²) in [6.07, 6.45) is 2.33. The quantitative estimate of drug-likeness (QED) is 0.571. The van der Waals surface area contributed by atoms with E-state index in [0.29, 0.717) is 18.6 Å². The van der Waals surface area contributed by atoms with Crippen molar-refractivity contribution in [1.29, 1.82) is 0 Å². The third kappa shape index (κ3) is 3.24. The summed E-state index contributed by atoms with van der Waals surface area (Å²) in [6.45, 7) is 2.51. The summed E-state index contributed by atoms with van der Waals surface area (Å²) in [5.41, 5.74) is 4.70. The molecule has 0 bridgehead atoms. The highest BCUT2D eigenvalue weighted by molar-refractivity contribution is 5.90. The lowest BCUT2D eigenvalue weighted by atomic mass is 10.1. The summed E-state index contributed by atoms with van der Waals surface area (Å²) < 4.78 is 6.82. The summed E-state index contributed by atoms with van der Waals surface area (Å²) in [4.78, 5) is 11.7. The fourth-order valence-electron chi connectivity index (χ4n) is 2.86. The molecule has 1 saturated heterocycles. The molecular weight excluding hydrogens is 326 g/mol. The summed E-state index contributed by atoms with van der Waals surface area (Å²) in [5, 5.41) is 7.98. The number of ether oxygens (including phenoxy) is 1. The van der Waals surface area contributed by atoms with E-state index < -0.39 is 0 Å². The molecule has 0 radical (unpaired) electrons. The normalized spacial score (nSPS) is 15.3. The van der Waals surface area contributed by atoms with Crippen molar-refractivity contribution in [1.82, 2.24) is 9.78 Å². The van der Waals surface area contributed by atoms with E-state index in [1.807, 2.05) is 41.1 Å². The number of cyclic esters (lactones) is 1. The van der Waals surface area contributed by atoms with E-state index in [1.165, 1.54) is 5.56 Å². The Hall–Kier alpha value is -3.34. The van der Waals surface area contributed by atoms with Crippen LogP contribution in [0.3, 0.4) is 0 Å². The average molecular weight is 345 g/mol. The number of para-hydroxylation sites is 1. The first-order valence-electron chi connectivity index (χ1n) is 8.56. The van der Waals surface area contributed by atoms with Crippen LogP contribution in [0.2, 0.25) is 0 Å². The molecule has 0 aliphatic carbocycles. The van der Waals surface area contributed by atoms with Crippen molar-refractivity contribution in [3.63, 3.8) is 0 Å². The van der Waals surface area contributed by atoms with Gasteiger partial charge >= 0.3 is 5.97 Å². The zero-order valence-electron chi connectivity index (χ0n) is 14.5. The minimum atomic E-state index is -0.262. The minimum absolute atomic E-state index is 0.262. The van der Waals surface area contributed by atoms with Crippen LogP contribution in [-0.4, -0.2) is 22.4 Å². The SMILES string of the molecule is Cc1ccc(-c2cc(N/C=C3/CCOC3=O)n(-c3ccccc3)n2)cc1. The molecule has 1 aliphatic rings. The Bertz CT molecular complexity index is 957. The molecule has 0 spiro atoms. The fraction of sp³-hybridized carbons (Fsp3) is 0.143. The fourth-order valence-corrected chi connectivity index (χ4v) is 2.86. The van der Waals surface area contributed by atoms with Gasteiger partial charge in [-0.15, -0.1) is 0 Å². The van der Waals surface area contributed by atoms with Crippen LogP contribution < -0.4 is 5.32 Å². The number of hydrogen-bond donors (Lipinski definition) is 1. The average Bonchev–Trinajstić information content (AvgIpc) is 3.27. The standard InChI is InChI=1S/C21H19N3O2/c1-15-7-9-16(10-8-15)19-13-20(22-14-17-11-12-26-21(17)25)24(23-19)18-5-3-2-4-6-18/h2-10,13-14,22H,11-12H2,1H3/b17-14-. The number of carbonyl (C=O) groups is 1. The molecule has 130 valence electrons. The van der Waals surface area contributed by atoms with Crippen molar-refractivity contribution in [2.24, 2.45) is 0 Å². The van der Waals surface area contributed by atoms with E-state index in [0.717, 1.165) is 22.8 Å². The van der Waals surface area contributed by atoms with E-state index in [1.54, 1.807) is 6.20 Å². The van der Waals surface area contributed by atoms with Crippen LogP contribution >= 0.6 is 0 Å². The third-order valence-corrected chi connectivity index (χ3v) is 4.32. The number of nitrogens with zero attached hydrogens (tertiary/aromatic N) is 2. The molecule has 4 rings (SSSR count). The molecule has 1 aliphatic heterocycles. The molecule has 0 unspecified atom stereocenters. The third-order valence-electron chi connectivity index (χ3n) is 4.32. The predicted octanol–water partition coefficient (Wildman–Crippen LogP) is 4.09. The molecule has 0 atom stereocenters. The Balaban J connectivity index is 1.73. The predicted molar refractivity (Wildman–Crippen MR) is 101 cm³/mol. The van der Waals surface area contributed by atoms with Gasteiger partial charge in [-0.25, -0.2) is 9.48 Å². The van der Waals surface area contributed by atoms with Crippen LogP contribution in [-0.2, 0) is 9.53 Å². The van der Waals surface area contributed by atoms with Gasteiger partial charge < -0.3 is 10.1 Å². The lowest BCUT2D eigenvalue weighted by Gasteiger charge is -2.07. The largest absolute Gasteiger partial charge is 0.462 e. The van der Waals surface area contributed by atoms with Crippen LogP contribution in [0.25, 0.3) is 16.9 Å². The highest BCUT2D eigenvalue weighted by atomic mass is 16.5. The smallest absolute Gasteiger partial charge is 0.335 e. The molecule has 26 heavy (non-hydrogen) atoms. The number of rotatable bonds is 4. The Morgan fingerprint density at radius 1 is 1.12 bits per heavy atom. The van der Waals surface area contributed by atoms with E-state index in [4.69, 9.17) is 9.84 Å². The van der Waals surface area contributed by atoms with Crippen LogP contribution in [0.1, 0.15) is 12.0 Å². The van der Waals surface area contributed by atoms with Gasteiger partial charge in [-0.3, -0.25) is 0 Å². The first kappa shape index (κ1) is 16.1. The minimum Gasteiger partial charge on any atom is -0.462 e. The van der Waals surface area contributed by atoms with E-state index in [9.17, 15) is 4.79 Å². The number of carbonyl (C=O) groups excluding carboxylic acids is 1. The Morgan fingerprint density at radius 2 is 1.88 bits per heavy atom. The number of esters is 1. The monoisotopic (exact) mass is 345 g/mol. The maximum absolute atomic E-state index is 11.7. The van der Waals surface area contributed by atoms with Crippen molar-refractivity contribution in [3.05, 3.63) is 78.0 Å². The van der Waals surface area contributed by atoms with Crippen LogP contribution in [0.4, 0.5) is 5.82 Å². The second-order valence-corrected chi connectivity index (χ2v) is 6.23. The molecule has 2 heterocycles. The topological polar surface area (TPSA) is 56.1 Å². The second-order valence-electron chi connectivity index (χ2n) is 6.23. The van der Waals surface area contributed by atoms with Gasteiger partial charge in [0, 0.05) is 24.3 Å². The summed E-state index contributed by atoms with van der Waals surface area (Å²) >= 11 is 0. The maximum atomic E-state index is 11.7. The molecule has 1 fully saturated rings. The highest BCUT2D eigenvalue weighted by Gasteiger charge is 2.19. The van der Waals surface area contributed by atoms with Crippen LogP contribution in [0.15, 0.2) is 72.4 Å². The van der Waals surface area contributed by atoms with Crippen molar-refractivity contribution in [2.45, 2.75) is 13.3 Å². The number of anilines is 1. The van der Waals surface area contributed by atoms with Gasteiger partial charge in [0.05, 0.1) is 23.6 Å². The molecule has 0 amide bonds. The van der Waals surface area contributed by atoms with Gasteiger partial charge in [0.1, 0.15) is 5.82 Å². The van der Waals surface area contributed by atoms with E-state index in [2.05, 4.69) is 36.5 Å². The van der Waals surface area contributed by atoms with Crippen molar-refractivity contribution < 1.29 is 9.53 Å². The summed E-state index contributed by atoms with van der Waals surface area (Å²) in [6, 6.07) is 20.1.